The van der Waals surface area contributed by atoms with Gasteiger partial charge in [-0.1, -0.05) is 34.8 Å². The lowest BCUT2D eigenvalue weighted by Crippen LogP contribution is -2.51. The van der Waals surface area contributed by atoms with Gasteiger partial charge in [-0.15, -0.1) is 0 Å². The van der Waals surface area contributed by atoms with Crippen LogP contribution in [-0.4, -0.2) is 77.5 Å². The number of ether oxygens (including phenoxy) is 2. The van der Waals surface area contributed by atoms with Gasteiger partial charge in [-0.3, -0.25) is 9.59 Å². The molecule has 0 aromatic carbocycles. The molecular formula is C16H23Cl3N2O4. The number of fused-ring (bicyclic) bond motifs is 2. The summed E-state index contributed by atoms with van der Waals surface area (Å²) in [5.41, 5.74) is 0. The van der Waals surface area contributed by atoms with E-state index < -0.39 is 21.6 Å². The lowest BCUT2D eigenvalue weighted by molar-refractivity contribution is -0.155. The Morgan fingerprint density at radius 3 is 2.28 bits per heavy atom. The molecule has 0 N–H and O–H groups in total. The van der Waals surface area contributed by atoms with Crippen molar-refractivity contribution in [1.29, 1.82) is 0 Å². The number of rotatable bonds is 3. The normalized spacial score (nSPS) is 33.4. The minimum Gasteiger partial charge on any atom is -0.461 e. The highest BCUT2D eigenvalue weighted by atomic mass is 35.6. The Morgan fingerprint density at radius 2 is 1.68 bits per heavy atom. The average molecular weight is 414 g/mol. The van der Waals surface area contributed by atoms with Gasteiger partial charge in [0.15, 0.2) is 0 Å². The summed E-state index contributed by atoms with van der Waals surface area (Å²) in [6, 6.07) is 0. The number of esters is 1. The van der Waals surface area contributed by atoms with E-state index in [9.17, 15) is 9.59 Å². The Labute approximate surface area is 162 Å². The fraction of sp³-hybridized carbons (Fsp3) is 0.875. The van der Waals surface area contributed by atoms with Gasteiger partial charge in [0.05, 0.1) is 24.0 Å². The van der Waals surface area contributed by atoms with E-state index in [2.05, 4.69) is 4.90 Å². The van der Waals surface area contributed by atoms with Gasteiger partial charge in [-0.2, -0.15) is 0 Å². The van der Waals surface area contributed by atoms with Gasteiger partial charge >= 0.3 is 5.97 Å². The van der Waals surface area contributed by atoms with Gasteiger partial charge in [-0.25, -0.2) is 0 Å². The van der Waals surface area contributed by atoms with Crippen LogP contribution in [0.5, 0.6) is 0 Å². The van der Waals surface area contributed by atoms with Crippen molar-refractivity contribution in [1.82, 2.24) is 9.80 Å². The van der Waals surface area contributed by atoms with Gasteiger partial charge in [0.25, 0.3) is 0 Å². The standard InChI is InChI=1S/C16H23Cl3N2O4/c1-20-5-7-21(8-6-20)14(22)12-10-3-2-4-11(25-10)13(12)15(23)24-9-16(17,18)19/h10-13H,2-9H2,1H3. The van der Waals surface area contributed by atoms with Crippen LogP contribution in [0.3, 0.4) is 0 Å². The summed E-state index contributed by atoms with van der Waals surface area (Å²) in [6.45, 7) is 2.66. The molecule has 3 heterocycles. The maximum Gasteiger partial charge on any atom is 0.312 e. The molecule has 0 spiro atoms. The first-order valence-corrected chi connectivity index (χ1v) is 9.76. The highest BCUT2D eigenvalue weighted by Gasteiger charge is 2.55. The summed E-state index contributed by atoms with van der Waals surface area (Å²) in [5.74, 6) is -1.64. The number of carbonyl (C=O) groups excluding carboxylic acids is 2. The Hall–Kier alpha value is -0.270. The highest BCUT2D eigenvalue weighted by molar-refractivity contribution is 6.67. The third-order valence-corrected chi connectivity index (χ3v) is 5.59. The van der Waals surface area contributed by atoms with E-state index in [1.807, 2.05) is 11.9 Å². The first-order chi connectivity index (χ1) is 11.8. The molecule has 4 unspecified atom stereocenters. The van der Waals surface area contributed by atoms with Crippen LogP contribution in [-0.2, 0) is 19.1 Å². The monoisotopic (exact) mass is 412 g/mol. The van der Waals surface area contributed by atoms with E-state index in [4.69, 9.17) is 44.3 Å². The number of nitrogens with zero attached hydrogens (tertiary/aromatic N) is 2. The minimum absolute atomic E-state index is 0.0154. The first kappa shape index (κ1) is 19.5. The molecular weight excluding hydrogens is 391 g/mol. The van der Waals surface area contributed by atoms with Crippen molar-refractivity contribution >= 4 is 46.7 Å². The molecule has 3 saturated heterocycles. The Balaban J connectivity index is 1.72. The molecule has 0 aromatic rings. The predicted molar refractivity (Wildman–Crippen MR) is 94.8 cm³/mol. The van der Waals surface area contributed by atoms with Crippen molar-refractivity contribution in [3.05, 3.63) is 0 Å². The number of carbonyl (C=O) groups is 2. The van der Waals surface area contributed by atoms with Gasteiger partial charge in [0, 0.05) is 26.2 Å². The lowest BCUT2D eigenvalue weighted by Gasteiger charge is -2.35. The molecule has 6 nitrogen and oxygen atoms in total. The SMILES string of the molecule is CN1CCN(C(=O)C2C3CCCC(O3)C2C(=O)OCC(Cl)(Cl)Cl)CC1. The van der Waals surface area contributed by atoms with Crippen LogP contribution in [0.15, 0.2) is 0 Å². The zero-order valence-corrected chi connectivity index (χ0v) is 16.4. The number of hydrogen-bond donors (Lipinski definition) is 0. The van der Waals surface area contributed by atoms with Crippen molar-refractivity contribution in [2.75, 3.05) is 39.8 Å². The Bertz CT molecular complexity index is 520. The molecule has 3 rings (SSSR count). The Morgan fingerprint density at radius 1 is 1.08 bits per heavy atom. The molecule has 25 heavy (non-hydrogen) atoms. The molecule has 1 amide bonds. The third-order valence-electron chi connectivity index (χ3n) is 5.27. The molecule has 142 valence electrons. The number of alkyl halides is 3. The van der Waals surface area contributed by atoms with Crippen LogP contribution in [0.2, 0.25) is 0 Å². The fourth-order valence-electron chi connectivity index (χ4n) is 3.97. The molecule has 3 fully saturated rings. The maximum atomic E-state index is 13.1. The van der Waals surface area contributed by atoms with Crippen molar-refractivity contribution < 1.29 is 19.1 Å². The number of likely N-dealkylation sites (N-methyl/N-ethyl adjacent to an activating group) is 1. The lowest BCUT2D eigenvalue weighted by atomic mass is 9.86. The number of piperazine rings is 1. The summed E-state index contributed by atoms with van der Waals surface area (Å²) in [7, 11) is 2.03. The summed E-state index contributed by atoms with van der Waals surface area (Å²) >= 11 is 17.0. The van der Waals surface area contributed by atoms with E-state index in [0.717, 1.165) is 32.4 Å². The molecule has 0 aliphatic carbocycles. The largest absolute Gasteiger partial charge is 0.461 e. The minimum atomic E-state index is -1.67. The number of amides is 1. The van der Waals surface area contributed by atoms with E-state index >= 15 is 0 Å². The average Bonchev–Trinajstić information content (AvgIpc) is 2.82. The van der Waals surface area contributed by atoms with Gasteiger partial charge in [-0.05, 0) is 26.3 Å². The highest BCUT2D eigenvalue weighted by Crippen LogP contribution is 2.43. The molecule has 4 atom stereocenters. The zero-order chi connectivity index (χ0) is 18.2. The predicted octanol–water partition coefficient (Wildman–Crippen LogP) is 1.86. The van der Waals surface area contributed by atoms with Gasteiger partial charge < -0.3 is 19.3 Å². The molecule has 9 heteroatoms. The van der Waals surface area contributed by atoms with Crippen molar-refractivity contribution in [3.63, 3.8) is 0 Å². The van der Waals surface area contributed by atoms with Crippen LogP contribution in [0.25, 0.3) is 0 Å². The van der Waals surface area contributed by atoms with Crippen molar-refractivity contribution in [3.8, 4) is 0 Å². The van der Waals surface area contributed by atoms with E-state index in [0.29, 0.717) is 13.1 Å². The molecule has 3 aliphatic rings. The van der Waals surface area contributed by atoms with Gasteiger partial charge in [0.1, 0.15) is 6.61 Å². The zero-order valence-electron chi connectivity index (χ0n) is 14.1. The van der Waals surface area contributed by atoms with E-state index in [1.54, 1.807) is 0 Å². The molecule has 0 radical (unpaired) electrons. The van der Waals surface area contributed by atoms with Crippen LogP contribution in [0, 0.1) is 11.8 Å². The summed E-state index contributed by atoms with van der Waals surface area (Å²) in [5, 5.41) is 0. The van der Waals surface area contributed by atoms with Crippen LogP contribution in [0.1, 0.15) is 19.3 Å². The topological polar surface area (TPSA) is 59.1 Å². The van der Waals surface area contributed by atoms with Gasteiger partial charge in [0.2, 0.25) is 9.70 Å². The summed E-state index contributed by atoms with van der Waals surface area (Å²) in [6.07, 6.45) is 1.96. The molecule has 2 bridgehead atoms. The molecule has 3 aliphatic heterocycles. The molecule has 0 saturated carbocycles. The van der Waals surface area contributed by atoms with Crippen LogP contribution < -0.4 is 0 Å². The van der Waals surface area contributed by atoms with Crippen molar-refractivity contribution in [2.24, 2.45) is 11.8 Å². The second-order valence-corrected chi connectivity index (χ2v) is 9.56. The quantitative estimate of drug-likeness (QED) is 0.522. The second kappa shape index (κ2) is 7.77. The van der Waals surface area contributed by atoms with Crippen LogP contribution in [0.4, 0.5) is 0 Å². The number of hydrogen-bond acceptors (Lipinski definition) is 5. The van der Waals surface area contributed by atoms with E-state index in [-0.39, 0.29) is 24.7 Å². The van der Waals surface area contributed by atoms with E-state index in [1.165, 1.54) is 0 Å². The second-order valence-electron chi connectivity index (χ2n) is 7.05. The number of halogens is 3. The van der Waals surface area contributed by atoms with Crippen molar-refractivity contribution in [2.45, 2.75) is 35.3 Å². The summed E-state index contributed by atoms with van der Waals surface area (Å²) < 4.78 is 9.48. The third kappa shape index (κ3) is 4.53. The van der Waals surface area contributed by atoms with Crippen LogP contribution >= 0.6 is 34.8 Å². The summed E-state index contributed by atoms with van der Waals surface area (Å²) in [4.78, 5) is 29.8. The maximum absolute atomic E-state index is 13.1. The first-order valence-electron chi connectivity index (χ1n) is 8.62. The Kier molecular flexibility index (Phi) is 6.06. The molecule has 0 aromatic heterocycles. The fourth-order valence-corrected chi connectivity index (χ4v) is 4.13. The smallest absolute Gasteiger partial charge is 0.312 e.